The van der Waals surface area contributed by atoms with Gasteiger partial charge in [-0.1, -0.05) is 6.92 Å². The Balaban J connectivity index is -0.000000260. The molecule has 0 saturated carbocycles. The molecular formula is C9H6Na2O4. The molecule has 1 aromatic rings. The predicted octanol–water partition coefficient (Wildman–Crippen LogP) is -6.42. The van der Waals surface area contributed by atoms with Crippen LogP contribution in [0.1, 0.15) is 15.9 Å². The van der Waals surface area contributed by atoms with Gasteiger partial charge < -0.3 is 9.90 Å². The number of carboxylic acids is 1. The van der Waals surface area contributed by atoms with Gasteiger partial charge in [-0.2, -0.15) is 39.4 Å². The monoisotopic (exact) mass is 224 g/mol. The number of carboxylic acid groups (broad SMARTS) is 1. The summed E-state index contributed by atoms with van der Waals surface area (Å²) in [5, 5.41) is 10.3. The van der Waals surface area contributed by atoms with Crippen LogP contribution in [-0.4, -0.2) is 12.1 Å². The third-order valence-corrected chi connectivity index (χ3v) is 1.29. The fourth-order valence-corrected chi connectivity index (χ4v) is 0.743. The smallest absolute Gasteiger partial charge is 0.547 e. The Morgan fingerprint density at radius 1 is 1.40 bits per heavy atom. The molecule has 0 aliphatic rings. The normalized spacial score (nSPS) is 6.73. The number of benzene rings is 1. The van der Waals surface area contributed by atoms with Gasteiger partial charge in [-0.05, 0) is 0 Å². The van der Waals surface area contributed by atoms with Crippen molar-refractivity contribution in [1.29, 1.82) is 0 Å². The Morgan fingerprint density at radius 3 is 2.13 bits per heavy atom. The first kappa shape index (κ1) is 20.5. The minimum Gasteiger partial charge on any atom is -0.547 e. The van der Waals surface area contributed by atoms with Crippen molar-refractivity contribution < 1.29 is 78.6 Å². The molecule has 4 nitrogen and oxygen atoms in total. The van der Waals surface area contributed by atoms with Gasteiger partial charge in [0.05, 0.1) is 0 Å². The van der Waals surface area contributed by atoms with Crippen LogP contribution in [0, 0.1) is 13.0 Å². The molecule has 0 amide bonds. The second-order valence-corrected chi connectivity index (χ2v) is 2.11. The molecule has 0 aromatic heterocycles. The summed E-state index contributed by atoms with van der Waals surface area (Å²) in [6.45, 7) is 1.71. The quantitative estimate of drug-likeness (QED) is 0.351. The molecule has 0 radical (unpaired) electrons. The van der Waals surface area contributed by atoms with Crippen molar-refractivity contribution >= 4 is 12.1 Å². The van der Waals surface area contributed by atoms with Crippen LogP contribution in [0.4, 0.5) is 0 Å². The Bertz CT molecular complexity index is 333. The number of hydrogen-bond donors (Lipinski definition) is 0. The number of hydrogen-bond acceptors (Lipinski definition) is 4. The van der Waals surface area contributed by atoms with Gasteiger partial charge in [-0.25, -0.2) is 0 Å². The molecule has 6 heteroatoms. The van der Waals surface area contributed by atoms with Crippen LogP contribution >= 0.6 is 0 Å². The maximum absolute atomic E-state index is 10.3. The fraction of sp³-hybridized carbons (Fsp3) is 0.111. The first-order valence-electron chi connectivity index (χ1n) is 3.30. The SMILES string of the molecule is Cc1c[c-]ccc1C(=O)[O-].O=C=O.[Na+].[Na+]. The zero-order valence-corrected chi connectivity index (χ0v) is 12.9. The van der Waals surface area contributed by atoms with Gasteiger partial charge in [0.25, 0.3) is 0 Å². The fourth-order valence-electron chi connectivity index (χ4n) is 0.743. The molecule has 0 fully saturated rings. The summed E-state index contributed by atoms with van der Waals surface area (Å²) in [5.41, 5.74) is 0.918. The number of aryl methyl sites for hydroxylation is 1. The van der Waals surface area contributed by atoms with E-state index in [4.69, 9.17) is 9.59 Å². The van der Waals surface area contributed by atoms with Gasteiger partial charge >= 0.3 is 65.3 Å². The van der Waals surface area contributed by atoms with Crippen molar-refractivity contribution in [2.24, 2.45) is 0 Å². The van der Waals surface area contributed by atoms with E-state index in [0.717, 1.165) is 0 Å². The van der Waals surface area contributed by atoms with E-state index in [1.807, 2.05) is 0 Å². The maximum Gasteiger partial charge on any atom is 1.00 e. The Hall–Kier alpha value is 0.0700. The van der Waals surface area contributed by atoms with Gasteiger partial charge in [0.2, 0.25) is 0 Å². The van der Waals surface area contributed by atoms with Crippen molar-refractivity contribution in [2.45, 2.75) is 6.92 Å². The molecule has 15 heavy (non-hydrogen) atoms. The van der Waals surface area contributed by atoms with E-state index in [1.54, 1.807) is 19.1 Å². The van der Waals surface area contributed by atoms with Gasteiger partial charge in [0, 0.05) is 5.97 Å². The van der Waals surface area contributed by atoms with Crippen molar-refractivity contribution in [3.8, 4) is 0 Å². The van der Waals surface area contributed by atoms with Gasteiger partial charge in [0.15, 0.2) is 0 Å². The third-order valence-electron chi connectivity index (χ3n) is 1.29. The van der Waals surface area contributed by atoms with Crippen molar-refractivity contribution in [3.63, 3.8) is 0 Å². The first-order chi connectivity index (χ1) is 6.13. The van der Waals surface area contributed by atoms with Gasteiger partial charge in [-0.3, -0.25) is 0 Å². The number of rotatable bonds is 1. The average molecular weight is 224 g/mol. The molecule has 0 heterocycles. The molecule has 0 aliphatic heterocycles. The molecule has 68 valence electrons. The van der Waals surface area contributed by atoms with Crippen LogP contribution in [0.2, 0.25) is 0 Å². The minimum absolute atomic E-state index is 0. The molecule has 1 aromatic carbocycles. The summed E-state index contributed by atoms with van der Waals surface area (Å²) in [6.07, 6.45) is 0.250. The topological polar surface area (TPSA) is 74.3 Å². The maximum atomic E-state index is 10.3. The molecule has 0 saturated heterocycles. The number of aromatic carboxylic acids is 1. The third kappa shape index (κ3) is 9.03. The molecular weight excluding hydrogens is 218 g/mol. The van der Waals surface area contributed by atoms with Crippen LogP contribution in [0.15, 0.2) is 18.2 Å². The summed E-state index contributed by atoms with van der Waals surface area (Å²) in [7, 11) is 0. The van der Waals surface area contributed by atoms with Crippen LogP contribution in [0.5, 0.6) is 0 Å². The Morgan fingerprint density at radius 2 is 1.87 bits per heavy atom. The number of carbonyl (C=O) groups is 1. The summed E-state index contributed by atoms with van der Waals surface area (Å²) < 4.78 is 0. The molecule has 0 spiro atoms. The second-order valence-electron chi connectivity index (χ2n) is 2.11. The van der Waals surface area contributed by atoms with Gasteiger partial charge in [0.1, 0.15) is 0 Å². The number of carbonyl (C=O) groups excluding carboxylic acids is 3. The molecule has 1 rings (SSSR count). The minimum atomic E-state index is -1.13. The van der Waals surface area contributed by atoms with Crippen molar-refractivity contribution in [2.75, 3.05) is 0 Å². The van der Waals surface area contributed by atoms with E-state index in [0.29, 0.717) is 5.56 Å². The largest absolute Gasteiger partial charge is 1.00 e. The van der Waals surface area contributed by atoms with Crippen molar-refractivity contribution in [1.82, 2.24) is 0 Å². The van der Waals surface area contributed by atoms with Crippen molar-refractivity contribution in [3.05, 3.63) is 35.4 Å². The van der Waals surface area contributed by atoms with E-state index in [1.165, 1.54) is 6.07 Å². The van der Waals surface area contributed by atoms with E-state index < -0.39 is 5.97 Å². The van der Waals surface area contributed by atoms with Crippen LogP contribution in [-0.2, 0) is 9.59 Å². The summed E-state index contributed by atoms with van der Waals surface area (Å²) in [6, 6.07) is 7.41. The second kappa shape index (κ2) is 12.1. The van der Waals surface area contributed by atoms with Crippen LogP contribution in [0.3, 0.4) is 0 Å². The first-order valence-corrected chi connectivity index (χ1v) is 3.30. The van der Waals surface area contributed by atoms with E-state index in [-0.39, 0.29) is 70.8 Å². The average Bonchev–Trinajstić information content (AvgIpc) is 2.06. The molecule has 0 N–H and O–H groups in total. The molecule has 0 bridgehead atoms. The standard InChI is InChI=1S/C8H7O2.CO2.2Na/c1-6-4-2-3-5-7(6)8(9)10;2-1-3;;/h3-5H,1H3,(H,9,10);;;/q-1;;2*+1/p-1. The van der Waals surface area contributed by atoms with Crippen LogP contribution in [0.25, 0.3) is 0 Å². The Labute approximate surface area is 132 Å². The zero-order chi connectivity index (χ0) is 10.3. The van der Waals surface area contributed by atoms with Gasteiger partial charge in [-0.15, -0.1) is 5.56 Å². The van der Waals surface area contributed by atoms with Crippen LogP contribution < -0.4 is 64.2 Å². The molecule has 0 atom stereocenters. The summed E-state index contributed by atoms with van der Waals surface area (Å²) >= 11 is 0. The van der Waals surface area contributed by atoms with E-state index in [2.05, 4.69) is 6.07 Å². The predicted molar refractivity (Wildman–Crippen MR) is 39.4 cm³/mol. The molecule has 0 aliphatic carbocycles. The van der Waals surface area contributed by atoms with E-state index >= 15 is 0 Å². The zero-order valence-electron chi connectivity index (χ0n) is 8.87. The summed E-state index contributed by atoms with van der Waals surface area (Å²) in [4.78, 5) is 26.5. The summed E-state index contributed by atoms with van der Waals surface area (Å²) in [5.74, 6) is -1.13. The molecule has 0 unspecified atom stereocenters. The Kier molecular flexibility index (Phi) is 16.6. The van der Waals surface area contributed by atoms with E-state index in [9.17, 15) is 9.90 Å².